The zero-order chi connectivity index (χ0) is 14.1. The van der Waals surface area contributed by atoms with Crippen molar-refractivity contribution in [1.82, 2.24) is 4.98 Å². The number of hydrogen-bond acceptors (Lipinski definition) is 3. The predicted molar refractivity (Wildman–Crippen MR) is 83.1 cm³/mol. The number of nitrogens with zero attached hydrogens (tertiary/aromatic N) is 2. The summed E-state index contributed by atoms with van der Waals surface area (Å²) in [7, 11) is 0. The van der Waals surface area contributed by atoms with Gasteiger partial charge < -0.3 is 0 Å². The maximum Gasteiger partial charge on any atom is 0.238 e. The average Bonchev–Trinajstić information content (AvgIpc) is 2.82. The molecule has 1 aromatic heterocycles. The van der Waals surface area contributed by atoms with Crippen molar-refractivity contribution in [2.75, 3.05) is 10.7 Å². The topological polar surface area (TPSA) is 33.2 Å². The fourth-order valence-corrected chi connectivity index (χ4v) is 3.74. The Kier molecular flexibility index (Phi) is 3.68. The molecule has 1 aliphatic heterocycles. The van der Waals surface area contributed by atoms with Crippen LogP contribution in [0.3, 0.4) is 0 Å². The van der Waals surface area contributed by atoms with Gasteiger partial charge in [-0.25, -0.2) is 0 Å². The molecule has 1 fully saturated rings. The number of halogens is 1. The predicted octanol–water partition coefficient (Wildman–Crippen LogP) is 3.82. The summed E-state index contributed by atoms with van der Waals surface area (Å²) in [6.45, 7) is 1.98. The first-order valence-corrected chi connectivity index (χ1v) is 7.69. The highest BCUT2D eigenvalue weighted by Gasteiger charge is 2.35. The van der Waals surface area contributed by atoms with Crippen LogP contribution >= 0.6 is 23.4 Å². The number of benzene rings is 1. The SMILES string of the molecule is Cc1ccc(N2C(=O)CSC2c2cccnc2)c(Cl)c1. The van der Waals surface area contributed by atoms with Crippen molar-refractivity contribution in [3.63, 3.8) is 0 Å². The molecule has 5 heteroatoms. The van der Waals surface area contributed by atoms with E-state index in [1.165, 1.54) is 0 Å². The van der Waals surface area contributed by atoms with Crippen LogP contribution in [0.25, 0.3) is 0 Å². The number of carbonyl (C=O) groups excluding carboxylic acids is 1. The third-order valence-corrected chi connectivity index (χ3v) is 4.72. The number of carbonyl (C=O) groups is 1. The Labute approximate surface area is 127 Å². The summed E-state index contributed by atoms with van der Waals surface area (Å²) in [5.74, 6) is 0.540. The summed E-state index contributed by atoms with van der Waals surface area (Å²) in [5.41, 5.74) is 2.86. The van der Waals surface area contributed by atoms with Crippen LogP contribution < -0.4 is 4.90 Å². The second kappa shape index (κ2) is 5.46. The zero-order valence-corrected chi connectivity index (χ0v) is 12.5. The van der Waals surface area contributed by atoms with Crippen molar-refractivity contribution in [2.24, 2.45) is 0 Å². The fourth-order valence-electron chi connectivity index (χ4n) is 2.26. The number of amides is 1. The van der Waals surface area contributed by atoms with Crippen molar-refractivity contribution >= 4 is 35.0 Å². The van der Waals surface area contributed by atoms with Gasteiger partial charge in [-0.15, -0.1) is 11.8 Å². The van der Waals surface area contributed by atoms with E-state index in [0.29, 0.717) is 10.8 Å². The van der Waals surface area contributed by atoms with Crippen molar-refractivity contribution in [3.05, 3.63) is 58.9 Å². The molecule has 0 saturated carbocycles. The lowest BCUT2D eigenvalue weighted by molar-refractivity contribution is -0.115. The molecule has 2 heterocycles. The molecule has 1 atom stereocenters. The van der Waals surface area contributed by atoms with Crippen LogP contribution in [0.15, 0.2) is 42.7 Å². The monoisotopic (exact) mass is 304 g/mol. The average molecular weight is 305 g/mol. The summed E-state index contributed by atoms with van der Waals surface area (Å²) in [5, 5.41) is 0.547. The molecule has 1 saturated heterocycles. The van der Waals surface area contributed by atoms with Crippen molar-refractivity contribution in [3.8, 4) is 0 Å². The lowest BCUT2D eigenvalue weighted by Crippen LogP contribution is -2.28. The van der Waals surface area contributed by atoms with Gasteiger partial charge in [-0.3, -0.25) is 14.7 Å². The van der Waals surface area contributed by atoms with Crippen LogP contribution in [-0.4, -0.2) is 16.6 Å². The highest BCUT2D eigenvalue weighted by atomic mass is 35.5. The van der Waals surface area contributed by atoms with E-state index >= 15 is 0 Å². The highest BCUT2D eigenvalue weighted by molar-refractivity contribution is 8.00. The van der Waals surface area contributed by atoms with Gasteiger partial charge in [0, 0.05) is 18.0 Å². The van der Waals surface area contributed by atoms with Crippen molar-refractivity contribution in [2.45, 2.75) is 12.3 Å². The number of pyridine rings is 1. The maximum atomic E-state index is 12.2. The Morgan fingerprint density at radius 1 is 1.40 bits per heavy atom. The lowest BCUT2D eigenvalue weighted by atomic mass is 10.2. The van der Waals surface area contributed by atoms with Gasteiger partial charge in [-0.05, 0) is 30.7 Å². The molecule has 1 aliphatic rings. The second-order valence-corrected chi connectivity index (χ2v) is 6.14. The van der Waals surface area contributed by atoms with Gasteiger partial charge in [0.15, 0.2) is 0 Å². The molecule has 1 unspecified atom stereocenters. The minimum Gasteiger partial charge on any atom is -0.293 e. The number of hydrogen-bond donors (Lipinski definition) is 0. The zero-order valence-electron chi connectivity index (χ0n) is 10.9. The molecule has 3 nitrogen and oxygen atoms in total. The smallest absolute Gasteiger partial charge is 0.238 e. The molecule has 0 radical (unpaired) electrons. The first-order valence-electron chi connectivity index (χ1n) is 6.26. The van der Waals surface area contributed by atoms with Crippen molar-refractivity contribution < 1.29 is 4.79 Å². The minimum absolute atomic E-state index is 0.0589. The summed E-state index contributed by atoms with van der Waals surface area (Å²) < 4.78 is 0. The molecule has 0 N–H and O–H groups in total. The molecule has 1 amide bonds. The standard InChI is InChI=1S/C15H13ClN2OS/c1-10-4-5-13(12(16)7-10)18-14(19)9-20-15(18)11-3-2-6-17-8-11/h2-8,15H,9H2,1H3. The van der Waals surface area contributed by atoms with Gasteiger partial charge in [0.25, 0.3) is 0 Å². The first kappa shape index (κ1) is 13.5. The third-order valence-electron chi connectivity index (χ3n) is 3.20. The first-order chi connectivity index (χ1) is 9.66. The quantitative estimate of drug-likeness (QED) is 0.845. The molecule has 20 heavy (non-hydrogen) atoms. The number of anilines is 1. The Morgan fingerprint density at radius 2 is 2.25 bits per heavy atom. The van der Waals surface area contributed by atoms with E-state index in [0.717, 1.165) is 16.8 Å². The van der Waals surface area contributed by atoms with Crippen LogP contribution in [0.4, 0.5) is 5.69 Å². The van der Waals surface area contributed by atoms with E-state index < -0.39 is 0 Å². The Bertz CT molecular complexity index is 648. The maximum absolute atomic E-state index is 12.2. The molecule has 0 spiro atoms. The number of aromatic nitrogens is 1. The van der Waals surface area contributed by atoms with Crippen LogP contribution in [0.1, 0.15) is 16.5 Å². The summed E-state index contributed by atoms with van der Waals surface area (Å²) >= 11 is 7.91. The van der Waals surface area contributed by atoms with Gasteiger partial charge >= 0.3 is 0 Å². The second-order valence-electron chi connectivity index (χ2n) is 4.67. The molecular weight excluding hydrogens is 292 g/mol. The van der Waals surface area contributed by atoms with Gasteiger partial charge in [-0.2, -0.15) is 0 Å². The van der Waals surface area contributed by atoms with Crippen LogP contribution in [0.5, 0.6) is 0 Å². The largest absolute Gasteiger partial charge is 0.293 e. The molecule has 2 aromatic rings. The summed E-state index contributed by atoms with van der Waals surface area (Å²) in [4.78, 5) is 18.1. The molecule has 0 aliphatic carbocycles. The molecular formula is C15H13ClN2OS. The van der Waals surface area contributed by atoms with Gasteiger partial charge in [0.2, 0.25) is 5.91 Å². The Morgan fingerprint density at radius 3 is 2.95 bits per heavy atom. The Hall–Kier alpha value is -1.52. The van der Waals surface area contributed by atoms with Gasteiger partial charge in [-0.1, -0.05) is 23.7 Å². The van der Waals surface area contributed by atoms with E-state index in [1.807, 2.05) is 37.3 Å². The molecule has 1 aromatic carbocycles. The van der Waals surface area contributed by atoms with E-state index in [2.05, 4.69) is 4.98 Å². The third kappa shape index (κ3) is 2.41. The van der Waals surface area contributed by atoms with Crippen LogP contribution in [-0.2, 0) is 4.79 Å². The highest BCUT2D eigenvalue weighted by Crippen LogP contribution is 2.43. The number of thioether (sulfide) groups is 1. The van der Waals surface area contributed by atoms with E-state index in [1.54, 1.807) is 29.1 Å². The molecule has 3 rings (SSSR count). The summed E-state index contributed by atoms with van der Waals surface area (Å²) in [6, 6.07) is 9.63. The normalized spacial score (nSPS) is 18.6. The lowest BCUT2D eigenvalue weighted by Gasteiger charge is -2.25. The van der Waals surface area contributed by atoms with Gasteiger partial charge in [0.1, 0.15) is 5.37 Å². The summed E-state index contributed by atoms with van der Waals surface area (Å²) in [6.07, 6.45) is 3.53. The van der Waals surface area contributed by atoms with Crippen LogP contribution in [0.2, 0.25) is 5.02 Å². The fraction of sp³-hybridized carbons (Fsp3) is 0.200. The Balaban J connectivity index is 2.03. The van der Waals surface area contributed by atoms with Gasteiger partial charge in [0.05, 0.1) is 16.5 Å². The van der Waals surface area contributed by atoms with Crippen LogP contribution in [0, 0.1) is 6.92 Å². The molecule has 102 valence electrons. The number of aryl methyl sites for hydroxylation is 1. The molecule has 0 bridgehead atoms. The van der Waals surface area contributed by atoms with E-state index in [9.17, 15) is 4.79 Å². The van der Waals surface area contributed by atoms with Crippen molar-refractivity contribution in [1.29, 1.82) is 0 Å². The number of rotatable bonds is 2. The minimum atomic E-state index is -0.0589. The van der Waals surface area contributed by atoms with E-state index in [4.69, 9.17) is 11.6 Å². The van der Waals surface area contributed by atoms with E-state index in [-0.39, 0.29) is 11.3 Å².